The van der Waals surface area contributed by atoms with Gasteiger partial charge in [0.15, 0.2) is 0 Å². The minimum Gasteiger partial charge on any atom is -0.493 e. The number of nitrogens with zero attached hydrogens (tertiary/aromatic N) is 2. The molecule has 4 aliphatic heterocycles. The lowest BCUT2D eigenvalue weighted by Crippen LogP contribution is -2.54. The molecule has 1 aliphatic carbocycles. The molecule has 0 amide bonds. The zero-order chi connectivity index (χ0) is 14.5. The average molecular weight is 316 g/mol. The molecule has 3 saturated heterocycles. The standard InChI is InChI=1S/C18H24N2OS/c1-2-13(1)12-21-16-4-3-15-10-20(22-18(15)9-16)17-11-19-7-5-14(17)6-8-19/h3-4,9,13-14,17H,1-2,5-8,10-12H2/t17-/m1/s1. The second-order valence-corrected chi connectivity index (χ2v) is 8.49. The molecule has 5 aliphatic rings. The van der Waals surface area contributed by atoms with Crippen LogP contribution in [0.1, 0.15) is 31.2 Å². The van der Waals surface area contributed by atoms with Crippen LogP contribution in [0.4, 0.5) is 0 Å². The van der Waals surface area contributed by atoms with E-state index in [1.807, 2.05) is 11.9 Å². The van der Waals surface area contributed by atoms with Crippen LogP contribution in [0.3, 0.4) is 0 Å². The third kappa shape index (κ3) is 2.55. The van der Waals surface area contributed by atoms with Gasteiger partial charge in [0.2, 0.25) is 0 Å². The van der Waals surface area contributed by atoms with Gasteiger partial charge < -0.3 is 9.64 Å². The fourth-order valence-electron chi connectivity index (χ4n) is 4.11. The summed E-state index contributed by atoms with van der Waals surface area (Å²) in [6.45, 7) is 5.94. The molecule has 118 valence electrons. The largest absolute Gasteiger partial charge is 0.493 e. The summed E-state index contributed by atoms with van der Waals surface area (Å²) in [5.74, 6) is 2.80. The lowest BCUT2D eigenvalue weighted by atomic mass is 9.84. The maximum Gasteiger partial charge on any atom is 0.120 e. The lowest BCUT2D eigenvalue weighted by molar-refractivity contribution is 0.0420. The van der Waals surface area contributed by atoms with E-state index in [4.69, 9.17) is 4.74 Å². The molecule has 22 heavy (non-hydrogen) atoms. The minimum atomic E-state index is 0.746. The normalized spacial score (nSPS) is 33.9. The van der Waals surface area contributed by atoms with Crippen LogP contribution >= 0.6 is 11.9 Å². The smallest absolute Gasteiger partial charge is 0.120 e. The second kappa shape index (κ2) is 5.43. The number of ether oxygens (including phenoxy) is 1. The highest BCUT2D eigenvalue weighted by Crippen LogP contribution is 2.44. The number of benzene rings is 1. The topological polar surface area (TPSA) is 15.7 Å². The number of rotatable bonds is 4. The van der Waals surface area contributed by atoms with E-state index >= 15 is 0 Å². The molecule has 4 heterocycles. The molecule has 0 radical (unpaired) electrons. The Morgan fingerprint density at radius 3 is 2.73 bits per heavy atom. The van der Waals surface area contributed by atoms with Gasteiger partial charge in [0.25, 0.3) is 0 Å². The van der Waals surface area contributed by atoms with Crippen molar-refractivity contribution < 1.29 is 4.74 Å². The summed E-state index contributed by atoms with van der Waals surface area (Å²) in [6, 6.07) is 7.47. The molecular formula is C18H24N2OS. The molecule has 2 bridgehead atoms. The Bertz CT molecular complexity index is 566. The number of fused-ring (bicyclic) bond motifs is 4. The van der Waals surface area contributed by atoms with Gasteiger partial charge in [0.1, 0.15) is 5.75 Å². The van der Waals surface area contributed by atoms with Gasteiger partial charge in [-0.3, -0.25) is 0 Å². The highest BCUT2D eigenvalue weighted by molar-refractivity contribution is 7.97. The maximum atomic E-state index is 5.95. The summed E-state index contributed by atoms with van der Waals surface area (Å²) in [5, 5.41) is 0. The molecule has 1 aromatic rings. The predicted octanol–water partition coefficient (Wildman–Crippen LogP) is 3.39. The van der Waals surface area contributed by atoms with Crippen molar-refractivity contribution in [2.24, 2.45) is 11.8 Å². The molecule has 0 aromatic heterocycles. The monoisotopic (exact) mass is 316 g/mol. The van der Waals surface area contributed by atoms with Gasteiger partial charge in [0.05, 0.1) is 6.61 Å². The molecule has 1 atom stereocenters. The van der Waals surface area contributed by atoms with Gasteiger partial charge in [-0.1, -0.05) is 6.07 Å². The van der Waals surface area contributed by atoms with E-state index in [1.165, 1.54) is 55.8 Å². The van der Waals surface area contributed by atoms with Crippen LogP contribution in [0, 0.1) is 11.8 Å². The van der Waals surface area contributed by atoms with Crippen LogP contribution in [0.25, 0.3) is 0 Å². The van der Waals surface area contributed by atoms with E-state index in [0.717, 1.165) is 36.8 Å². The van der Waals surface area contributed by atoms with Crippen molar-refractivity contribution in [3.8, 4) is 5.75 Å². The molecule has 4 heteroatoms. The van der Waals surface area contributed by atoms with E-state index in [9.17, 15) is 0 Å². The summed E-state index contributed by atoms with van der Waals surface area (Å²) >= 11 is 1.97. The van der Waals surface area contributed by atoms with Crippen LogP contribution in [0.15, 0.2) is 23.1 Å². The van der Waals surface area contributed by atoms with E-state index in [2.05, 4.69) is 27.4 Å². The first-order valence-corrected chi connectivity index (χ1v) is 9.55. The van der Waals surface area contributed by atoms with E-state index in [1.54, 1.807) is 0 Å². The first-order chi connectivity index (χ1) is 10.8. The molecule has 6 rings (SSSR count). The van der Waals surface area contributed by atoms with Crippen molar-refractivity contribution in [2.45, 2.75) is 43.2 Å². The molecule has 0 N–H and O–H groups in total. The number of hydrogen-bond donors (Lipinski definition) is 0. The fourth-order valence-corrected chi connectivity index (χ4v) is 5.36. The van der Waals surface area contributed by atoms with Crippen molar-refractivity contribution in [1.82, 2.24) is 9.21 Å². The summed E-state index contributed by atoms with van der Waals surface area (Å²) in [7, 11) is 0. The van der Waals surface area contributed by atoms with E-state index in [0.29, 0.717) is 0 Å². The van der Waals surface area contributed by atoms with Gasteiger partial charge >= 0.3 is 0 Å². The Kier molecular flexibility index (Phi) is 3.38. The van der Waals surface area contributed by atoms with Crippen LogP contribution in [0.2, 0.25) is 0 Å². The lowest BCUT2D eigenvalue weighted by Gasteiger charge is -2.47. The van der Waals surface area contributed by atoms with E-state index < -0.39 is 0 Å². The second-order valence-electron chi connectivity index (χ2n) is 7.40. The molecule has 4 fully saturated rings. The van der Waals surface area contributed by atoms with Gasteiger partial charge in [0, 0.05) is 24.0 Å². The summed E-state index contributed by atoms with van der Waals surface area (Å²) in [4.78, 5) is 4.07. The van der Waals surface area contributed by atoms with E-state index in [-0.39, 0.29) is 0 Å². The van der Waals surface area contributed by atoms with Crippen LogP contribution < -0.4 is 4.74 Å². The van der Waals surface area contributed by atoms with Crippen molar-refractivity contribution >= 4 is 11.9 Å². The molecule has 3 nitrogen and oxygen atoms in total. The fraction of sp³-hybridized carbons (Fsp3) is 0.667. The third-order valence-corrected chi connectivity index (χ3v) is 6.97. The molecule has 0 spiro atoms. The van der Waals surface area contributed by atoms with Gasteiger partial charge in [-0.2, -0.15) is 0 Å². The first kappa shape index (κ1) is 13.7. The third-order valence-electron chi connectivity index (χ3n) is 5.75. The molecule has 1 saturated carbocycles. The summed E-state index contributed by atoms with van der Waals surface area (Å²) in [5.41, 5.74) is 1.49. The summed E-state index contributed by atoms with van der Waals surface area (Å²) < 4.78 is 8.59. The number of hydrogen-bond acceptors (Lipinski definition) is 4. The first-order valence-electron chi connectivity index (χ1n) is 8.78. The Hall–Kier alpha value is -0.710. The quantitative estimate of drug-likeness (QED) is 0.791. The Labute approximate surface area is 137 Å². The maximum absolute atomic E-state index is 5.95. The van der Waals surface area contributed by atoms with Gasteiger partial charge in [-0.05, 0) is 80.3 Å². The molecule has 1 aromatic carbocycles. The number of piperidine rings is 3. The highest BCUT2D eigenvalue weighted by Gasteiger charge is 2.39. The van der Waals surface area contributed by atoms with Crippen molar-refractivity contribution in [3.05, 3.63) is 23.8 Å². The van der Waals surface area contributed by atoms with Crippen LogP contribution in [-0.4, -0.2) is 41.5 Å². The van der Waals surface area contributed by atoms with Crippen LogP contribution in [0.5, 0.6) is 5.75 Å². The zero-order valence-electron chi connectivity index (χ0n) is 13.0. The van der Waals surface area contributed by atoms with Crippen molar-refractivity contribution in [1.29, 1.82) is 0 Å². The predicted molar refractivity (Wildman–Crippen MR) is 89.0 cm³/mol. The van der Waals surface area contributed by atoms with Gasteiger partial charge in [-0.15, -0.1) is 0 Å². The summed E-state index contributed by atoms with van der Waals surface area (Å²) in [6.07, 6.45) is 5.50. The zero-order valence-corrected chi connectivity index (χ0v) is 13.9. The van der Waals surface area contributed by atoms with Crippen LogP contribution in [-0.2, 0) is 6.54 Å². The average Bonchev–Trinajstić information content (AvgIpc) is 3.31. The highest BCUT2D eigenvalue weighted by atomic mass is 32.2. The Morgan fingerprint density at radius 2 is 2.00 bits per heavy atom. The minimum absolute atomic E-state index is 0.746. The molecule has 0 unspecified atom stereocenters. The van der Waals surface area contributed by atoms with Crippen molar-refractivity contribution in [3.63, 3.8) is 0 Å². The van der Waals surface area contributed by atoms with Crippen molar-refractivity contribution in [2.75, 3.05) is 26.2 Å². The Morgan fingerprint density at radius 1 is 1.14 bits per heavy atom. The Balaban J connectivity index is 1.28. The SMILES string of the molecule is c1cc2c(cc1OCC1CC1)SN([C@@H]1CN3CCC1CC3)C2. The van der Waals surface area contributed by atoms with Gasteiger partial charge in [-0.25, -0.2) is 4.31 Å². The molecular weight excluding hydrogens is 292 g/mol.